The number of aryl methyl sites for hydroxylation is 1. The molecular formula is C14H13N3. The Hall–Kier alpha value is -2.29. The first-order chi connectivity index (χ1) is 8.36. The molecule has 0 radical (unpaired) electrons. The fourth-order valence-corrected chi connectivity index (χ4v) is 1.43. The van der Waals surface area contributed by atoms with Crippen LogP contribution in [0.4, 0.5) is 0 Å². The Kier molecular flexibility index (Phi) is 3.76. The molecule has 2 heterocycles. The van der Waals surface area contributed by atoms with Gasteiger partial charge in [-0.15, -0.1) is 0 Å². The fourth-order valence-electron chi connectivity index (χ4n) is 1.43. The molecule has 3 nitrogen and oxygen atoms in total. The minimum Gasteiger partial charge on any atom is -0.262 e. The topological polar surface area (TPSA) is 38.7 Å². The third-order valence-electron chi connectivity index (χ3n) is 2.20. The van der Waals surface area contributed by atoms with E-state index in [1.54, 1.807) is 24.8 Å². The maximum Gasteiger partial charge on any atom is 0.0702 e. The van der Waals surface area contributed by atoms with E-state index in [2.05, 4.69) is 34.0 Å². The molecule has 0 aliphatic rings. The lowest BCUT2D eigenvalue weighted by Crippen LogP contribution is -1.78. The van der Waals surface area contributed by atoms with Gasteiger partial charge in [-0.1, -0.05) is 18.2 Å². The number of pyridine rings is 1. The zero-order valence-corrected chi connectivity index (χ0v) is 9.62. The molecule has 0 spiro atoms. The number of para-hydroxylation sites is 1. The normalized spacial score (nSPS) is 9.47. The van der Waals surface area contributed by atoms with Gasteiger partial charge < -0.3 is 0 Å². The predicted molar refractivity (Wildman–Crippen MR) is 68.5 cm³/mol. The SMILES string of the molecule is Cc1cnc2ccccc2c1.c1cnccn1. The van der Waals surface area contributed by atoms with Crippen LogP contribution in [0.5, 0.6) is 0 Å². The van der Waals surface area contributed by atoms with Crippen LogP contribution in [-0.4, -0.2) is 15.0 Å². The Balaban J connectivity index is 0.000000153. The van der Waals surface area contributed by atoms with Crippen molar-refractivity contribution in [3.05, 3.63) is 66.9 Å². The van der Waals surface area contributed by atoms with Crippen LogP contribution in [0.15, 0.2) is 61.3 Å². The van der Waals surface area contributed by atoms with E-state index < -0.39 is 0 Å². The number of rotatable bonds is 0. The van der Waals surface area contributed by atoms with Crippen LogP contribution in [-0.2, 0) is 0 Å². The molecule has 17 heavy (non-hydrogen) atoms. The second-order valence-corrected chi connectivity index (χ2v) is 3.60. The van der Waals surface area contributed by atoms with Gasteiger partial charge in [0.2, 0.25) is 0 Å². The number of hydrogen-bond donors (Lipinski definition) is 0. The summed E-state index contributed by atoms with van der Waals surface area (Å²) in [6.45, 7) is 2.06. The Bertz CT molecular complexity index is 552. The highest BCUT2D eigenvalue weighted by Gasteiger charge is 1.90. The van der Waals surface area contributed by atoms with Crippen molar-refractivity contribution in [3.63, 3.8) is 0 Å². The summed E-state index contributed by atoms with van der Waals surface area (Å²) in [5, 5.41) is 1.22. The van der Waals surface area contributed by atoms with Crippen LogP contribution in [0.25, 0.3) is 10.9 Å². The summed E-state index contributed by atoms with van der Waals surface area (Å²) < 4.78 is 0. The third kappa shape index (κ3) is 3.34. The average Bonchev–Trinajstić information content (AvgIpc) is 2.41. The molecule has 84 valence electrons. The maximum absolute atomic E-state index is 4.28. The van der Waals surface area contributed by atoms with E-state index in [0.717, 1.165) is 5.52 Å². The Morgan fingerprint density at radius 1 is 0.882 bits per heavy atom. The van der Waals surface area contributed by atoms with E-state index in [4.69, 9.17) is 0 Å². The molecule has 1 aromatic carbocycles. The summed E-state index contributed by atoms with van der Waals surface area (Å²) >= 11 is 0. The van der Waals surface area contributed by atoms with Crippen LogP contribution in [0, 0.1) is 6.92 Å². The summed E-state index contributed by atoms with van der Waals surface area (Å²) in [6.07, 6.45) is 8.45. The standard InChI is InChI=1S/C10H9N.C4H4N2/c1-8-6-9-4-2-3-5-10(9)11-7-8;1-2-6-4-3-5-1/h2-7H,1H3;1-4H. The number of benzene rings is 1. The number of hydrogen-bond acceptors (Lipinski definition) is 3. The van der Waals surface area contributed by atoms with Crippen molar-refractivity contribution in [2.75, 3.05) is 0 Å². The van der Waals surface area contributed by atoms with Crippen molar-refractivity contribution >= 4 is 10.9 Å². The highest BCUT2D eigenvalue weighted by atomic mass is 14.7. The van der Waals surface area contributed by atoms with Crippen LogP contribution >= 0.6 is 0 Å². The van der Waals surface area contributed by atoms with Gasteiger partial charge in [-0.25, -0.2) is 0 Å². The zero-order chi connectivity index (χ0) is 11.9. The van der Waals surface area contributed by atoms with Crippen molar-refractivity contribution in [2.24, 2.45) is 0 Å². The van der Waals surface area contributed by atoms with E-state index in [-0.39, 0.29) is 0 Å². The first kappa shape index (κ1) is 11.2. The molecule has 0 aliphatic carbocycles. The largest absolute Gasteiger partial charge is 0.262 e. The smallest absolute Gasteiger partial charge is 0.0702 e. The lowest BCUT2D eigenvalue weighted by Gasteiger charge is -1.95. The molecule has 0 N–H and O–H groups in total. The molecule has 0 aliphatic heterocycles. The van der Waals surface area contributed by atoms with Crippen molar-refractivity contribution in [3.8, 4) is 0 Å². The lowest BCUT2D eigenvalue weighted by molar-refractivity contribution is 1.20. The first-order valence-electron chi connectivity index (χ1n) is 5.37. The van der Waals surface area contributed by atoms with Gasteiger partial charge in [-0.05, 0) is 24.6 Å². The van der Waals surface area contributed by atoms with Crippen LogP contribution in [0.2, 0.25) is 0 Å². The third-order valence-corrected chi connectivity index (χ3v) is 2.20. The molecule has 0 atom stereocenters. The zero-order valence-electron chi connectivity index (χ0n) is 9.62. The molecule has 3 rings (SSSR count). The average molecular weight is 223 g/mol. The van der Waals surface area contributed by atoms with Crippen molar-refractivity contribution in [1.29, 1.82) is 0 Å². The maximum atomic E-state index is 4.28. The summed E-state index contributed by atoms with van der Waals surface area (Å²) in [7, 11) is 0. The molecule has 0 unspecified atom stereocenters. The van der Waals surface area contributed by atoms with Gasteiger partial charge in [0.05, 0.1) is 5.52 Å². The highest BCUT2D eigenvalue weighted by molar-refractivity contribution is 5.78. The van der Waals surface area contributed by atoms with Gasteiger partial charge in [0.1, 0.15) is 0 Å². The molecule has 0 saturated heterocycles. The minimum atomic E-state index is 1.07. The summed E-state index contributed by atoms with van der Waals surface area (Å²) in [5.41, 5.74) is 2.28. The minimum absolute atomic E-state index is 1.07. The summed E-state index contributed by atoms with van der Waals surface area (Å²) in [6, 6.07) is 10.3. The summed E-state index contributed by atoms with van der Waals surface area (Å²) in [5.74, 6) is 0. The van der Waals surface area contributed by atoms with E-state index in [0.29, 0.717) is 0 Å². The second-order valence-electron chi connectivity index (χ2n) is 3.60. The van der Waals surface area contributed by atoms with Crippen LogP contribution in [0.1, 0.15) is 5.56 Å². The predicted octanol–water partition coefficient (Wildman–Crippen LogP) is 3.02. The number of aromatic nitrogens is 3. The molecule has 0 saturated carbocycles. The van der Waals surface area contributed by atoms with Gasteiger partial charge in [-0.2, -0.15) is 0 Å². The van der Waals surface area contributed by atoms with Gasteiger partial charge in [0, 0.05) is 36.4 Å². The molecule has 3 heteroatoms. The molecule has 0 fully saturated rings. The Morgan fingerprint density at radius 3 is 2.18 bits per heavy atom. The first-order valence-corrected chi connectivity index (χ1v) is 5.37. The van der Waals surface area contributed by atoms with Crippen molar-refractivity contribution in [1.82, 2.24) is 15.0 Å². The lowest BCUT2D eigenvalue weighted by atomic mass is 10.2. The van der Waals surface area contributed by atoms with E-state index in [1.807, 2.05) is 24.4 Å². The fraction of sp³-hybridized carbons (Fsp3) is 0.0714. The van der Waals surface area contributed by atoms with Crippen LogP contribution in [0.3, 0.4) is 0 Å². The van der Waals surface area contributed by atoms with Gasteiger partial charge in [0.25, 0.3) is 0 Å². The summed E-state index contributed by atoms with van der Waals surface area (Å²) in [4.78, 5) is 11.7. The monoisotopic (exact) mass is 223 g/mol. The van der Waals surface area contributed by atoms with Crippen molar-refractivity contribution in [2.45, 2.75) is 6.92 Å². The van der Waals surface area contributed by atoms with Crippen LogP contribution < -0.4 is 0 Å². The molecule has 2 aromatic heterocycles. The van der Waals surface area contributed by atoms with Gasteiger partial charge in [-0.3, -0.25) is 15.0 Å². The molecule has 3 aromatic rings. The number of nitrogens with zero attached hydrogens (tertiary/aromatic N) is 3. The molecule has 0 amide bonds. The molecule has 0 bridgehead atoms. The quantitative estimate of drug-likeness (QED) is 0.588. The Labute approximate surface area is 100 Å². The number of fused-ring (bicyclic) bond motifs is 1. The van der Waals surface area contributed by atoms with E-state index in [9.17, 15) is 0 Å². The van der Waals surface area contributed by atoms with Crippen molar-refractivity contribution < 1.29 is 0 Å². The van der Waals surface area contributed by atoms with E-state index in [1.165, 1.54) is 10.9 Å². The molecular weight excluding hydrogens is 210 g/mol. The highest BCUT2D eigenvalue weighted by Crippen LogP contribution is 2.11. The van der Waals surface area contributed by atoms with E-state index >= 15 is 0 Å². The Morgan fingerprint density at radius 2 is 1.53 bits per heavy atom. The van der Waals surface area contributed by atoms with Gasteiger partial charge >= 0.3 is 0 Å². The second kappa shape index (κ2) is 5.70. The van der Waals surface area contributed by atoms with Gasteiger partial charge in [0.15, 0.2) is 0 Å².